The summed E-state index contributed by atoms with van der Waals surface area (Å²) >= 11 is 0. The number of fused-ring (bicyclic) bond motifs is 14. The molecule has 0 spiro atoms. The van der Waals surface area contributed by atoms with Gasteiger partial charge in [-0.3, -0.25) is 67.2 Å². The molecular formula is C87H105N11O19. The van der Waals surface area contributed by atoms with Crippen LogP contribution >= 0.6 is 0 Å². The third-order valence-electron chi connectivity index (χ3n) is 21.8. The third-order valence-corrected chi connectivity index (χ3v) is 21.8. The summed E-state index contributed by atoms with van der Waals surface area (Å²) in [5.41, 5.74) is 0.171. The molecular weight excluding hydrogens is 1500 g/mol. The minimum absolute atomic E-state index is 0.0144. The lowest BCUT2D eigenvalue weighted by atomic mass is 9.82. The number of amides is 10. The van der Waals surface area contributed by atoms with Crippen LogP contribution in [0.15, 0.2) is 130 Å². The molecule has 1 aliphatic carbocycles. The van der Waals surface area contributed by atoms with E-state index in [1.165, 1.54) is 38.0 Å². The number of benzene rings is 5. The van der Waals surface area contributed by atoms with Gasteiger partial charge in [-0.15, -0.1) is 0 Å². The molecule has 4 aromatic rings. The van der Waals surface area contributed by atoms with Crippen molar-refractivity contribution < 1.29 is 86.4 Å². The van der Waals surface area contributed by atoms with E-state index in [9.17, 15) is 63.0 Å². The van der Waals surface area contributed by atoms with Crippen LogP contribution in [0.1, 0.15) is 148 Å². The highest BCUT2D eigenvalue weighted by Gasteiger charge is 2.50. The summed E-state index contributed by atoms with van der Waals surface area (Å²) in [4.78, 5) is 187. The number of nitrogens with one attached hydrogen (secondary N) is 7. The van der Waals surface area contributed by atoms with Crippen LogP contribution in [0.25, 0.3) is 33.3 Å². The van der Waals surface area contributed by atoms with Crippen LogP contribution in [0.5, 0.6) is 17.2 Å². The minimum atomic E-state index is -2.05. The van der Waals surface area contributed by atoms with E-state index in [1.807, 2.05) is 24.0 Å². The first-order valence-corrected chi connectivity index (χ1v) is 39.9. The van der Waals surface area contributed by atoms with Gasteiger partial charge in [-0.25, -0.2) is 4.98 Å². The van der Waals surface area contributed by atoms with E-state index in [2.05, 4.69) is 58.0 Å². The number of aromatic nitrogens is 1. The fourth-order valence-electron chi connectivity index (χ4n) is 15.4. The summed E-state index contributed by atoms with van der Waals surface area (Å²) in [6.07, 6.45) is 13.4. The number of phenolic OH excluding ortho intramolecular Hbond substituents is 2. The molecule has 7 aliphatic rings. The Kier molecular flexibility index (Phi) is 29.0. The van der Waals surface area contributed by atoms with Crippen molar-refractivity contribution in [2.45, 2.75) is 176 Å². The predicted octanol–water partition coefficient (Wildman–Crippen LogP) is 7.95. The smallest absolute Gasteiger partial charge is 0.312 e. The molecule has 117 heavy (non-hydrogen) atoms. The number of ketones is 1. The maximum atomic E-state index is 15.2. The molecule has 6 aliphatic heterocycles. The van der Waals surface area contributed by atoms with Gasteiger partial charge in [-0.2, -0.15) is 0 Å². The number of nitrogens with zero attached hydrogens (tertiary/aromatic N) is 4. The van der Waals surface area contributed by atoms with E-state index in [1.54, 1.807) is 107 Å². The number of carbonyl (C=O) groups is 12. The lowest BCUT2D eigenvalue weighted by molar-refractivity contribution is -0.152. The summed E-state index contributed by atoms with van der Waals surface area (Å²) in [5, 5.41) is 42.8. The first kappa shape index (κ1) is 87.2. The van der Waals surface area contributed by atoms with E-state index in [-0.39, 0.29) is 118 Å². The third kappa shape index (κ3) is 21.5. The molecule has 0 radical (unpaired) electrons. The van der Waals surface area contributed by atoms with Crippen molar-refractivity contribution >= 4 is 104 Å². The van der Waals surface area contributed by atoms with Crippen molar-refractivity contribution in [3.8, 4) is 28.7 Å². The van der Waals surface area contributed by atoms with E-state index in [4.69, 9.17) is 23.6 Å². The maximum absolute atomic E-state index is 15.2. The monoisotopic (exact) mass is 1610 g/mol. The van der Waals surface area contributed by atoms with Crippen LogP contribution in [-0.4, -0.2) is 178 Å². The highest BCUT2D eigenvalue weighted by Crippen LogP contribution is 2.51. The summed E-state index contributed by atoms with van der Waals surface area (Å²) in [6.45, 7) is 18.3. The molecule has 10 amide bonds. The molecule has 30 nitrogen and oxygen atoms in total. The van der Waals surface area contributed by atoms with Crippen LogP contribution in [0.2, 0.25) is 0 Å². The number of ether oxygens (including phenoxy) is 3. The number of rotatable bonds is 26. The topological polar surface area (TPSA) is 410 Å². The Bertz CT molecular complexity index is 4920. The number of allylic oxidation sites excluding steroid dienone is 4. The lowest BCUT2D eigenvalue weighted by Crippen LogP contribution is -2.58. The molecule has 6 heterocycles. The van der Waals surface area contributed by atoms with Crippen LogP contribution < -0.4 is 52.3 Å². The Morgan fingerprint density at radius 2 is 1.44 bits per heavy atom. The van der Waals surface area contributed by atoms with Crippen molar-refractivity contribution in [3.63, 3.8) is 0 Å². The van der Waals surface area contributed by atoms with Crippen LogP contribution in [-0.2, 0) is 75.1 Å². The summed E-state index contributed by atoms with van der Waals surface area (Å²) < 4.78 is 25.0. The molecule has 9 N–H and O–H groups in total. The average molecular weight is 1610 g/mol. The van der Waals surface area contributed by atoms with Gasteiger partial charge in [-0.05, 0) is 99.2 Å². The zero-order valence-corrected chi connectivity index (χ0v) is 67.9. The zero-order valence-electron chi connectivity index (χ0n) is 67.9. The summed E-state index contributed by atoms with van der Waals surface area (Å²) in [7, 11) is 0. The second-order valence-electron chi connectivity index (χ2n) is 31.2. The van der Waals surface area contributed by atoms with Gasteiger partial charge < -0.3 is 75.9 Å². The molecule has 1 fully saturated rings. The van der Waals surface area contributed by atoms with Gasteiger partial charge in [0.1, 0.15) is 58.4 Å². The Labute approximate surface area is 678 Å². The van der Waals surface area contributed by atoms with Crippen LogP contribution in [0.4, 0.5) is 11.4 Å². The molecule has 0 aromatic heterocycles. The highest BCUT2D eigenvalue weighted by atomic mass is 16.7. The Morgan fingerprint density at radius 3 is 2.08 bits per heavy atom. The molecule has 1 saturated heterocycles. The maximum Gasteiger partial charge on any atom is 0.312 e. The fraction of sp³-hybridized carbons (Fsp3) is 0.448. The quantitative estimate of drug-likeness (QED) is 0.0108. The second-order valence-corrected chi connectivity index (χ2v) is 31.2. The molecule has 0 saturated carbocycles. The van der Waals surface area contributed by atoms with Gasteiger partial charge in [0, 0.05) is 112 Å². The largest absolute Gasteiger partial charge is 0.507 e. The summed E-state index contributed by atoms with van der Waals surface area (Å²) in [6, 6.07) is 16.8. The van der Waals surface area contributed by atoms with Gasteiger partial charge in [0.05, 0.1) is 36.8 Å². The molecule has 622 valence electrons. The van der Waals surface area contributed by atoms with Crippen LogP contribution in [0.3, 0.4) is 0 Å². The Balaban J connectivity index is 0.847. The second kappa shape index (κ2) is 38.9. The van der Waals surface area contributed by atoms with E-state index in [0.717, 1.165) is 29.9 Å². The number of anilines is 2. The minimum Gasteiger partial charge on any atom is -0.507 e. The van der Waals surface area contributed by atoms with Crippen LogP contribution in [0, 0.1) is 36.5 Å². The number of Topliss-reactive ketones (excluding diaryl/α,β-unsaturated/α-hetero) is 1. The van der Waals surface area contributed by atoms with Gasteiger partial charge in [0.25, 0.3) is 23.5 Å². The first-order valence-electron chi connectivity index (χ1n) is 39.9. The number of imide groups is 1. The normalized spacial score (nSPS) is 21.4. The standard InChI is InChI=1S/C87H105N11O19/c1-12-34-97(69(106)46-88-64(101)33-37-98-67(104)29-30-68(98)105)47-66(103)93-73(50(5)13-2)86(113)89-45-65(102)91-60(41-56-25-16-14-17-26-56)85(112)92-61(42-57-27-18-15-19-28-57)84(111)90-58-31-35-96(36-32-58)59-43-62(100)74-63(44-59)116-81-75(94-74)70-71-77(107)54(9)80-72(70)82(109)87(11,117-80)114-38-21-24-51(6)79(115-55(10)99)53(8)40-49(4)39-48(3)22-20-23-52(7)83(110)95-76(81)78(71)108/h14-23,25-30,38,43-44,48-51,53,58,60-61,73,79,100,107H,12-13,24,31-37,39-42,45-47H2,1-11H3,(H,88,101)(H,89,113)(H,90,111)(H,91,102)(H,92,112)(H,93,103)(H,95,110)/b22-20+,38-21+,52-23-/t48-,49+,50-,51+,53+,60-,61-,73?,79+,87-/m0/s1. The molecule has 10 atom stereocenters. The highest BCUT2D eigenvalue weighted by molar-refractivity contribution is 6.22. The van der Waals surface area contributed by atoms with Crippen molar-refractivity contribution in [2.75, 3.05) is 56.0 Å². The molecule has 4 aromatic carbocycles. The zero-order chi connectivity index (χ0) is 84.7. The number of phenols is 2. The summed E-state index contributed by atoms with van der Waals surface area (Å²) in [5.74, 6) is -11.4. The van der Waals surface area contributed by atoms with Gasteiger partial charge in [0.2, 0.25) is 46.8 Å². The number of hydrogen-bond donors (Lipinski definition) is 9. The van der Waals surface area contributed by atoms with Crippen molar-refractivity contribution in [1.82, 2.24) is 46.7 Å². The number of hydrogen-bond acceptors (Lipinski definition) is 21. The lowest BCUT2D eigenvalue weighted by Gasteiger charge is -2.35. The molecule has 5 bridgehead atoms. The first-order chi connectivity index (χ1) is 55.8. The number of carbonyl (C=O) groups excluding carboxylic acids is 12. The predicted molar refractivity (Wildman–Crippen MR) is 436 cm³/mol. The van der Waals surface area contributed by atoms with Crippen molar-refractivity contribution in [1.29, 1.82) is 0 Å². The number of piperidine rings is 1. The molecule has 30 heteroatoms. The SMILES string of the molecule is CCCN(CC(=O)NC(C(=O)NCC(=O)N[C@@H](Cc1ccccc1)C(=O)N[C@@H](Cc1ccccc1)C(=O)NC1CCN(c2cc(O)c3nc4c5c6c7c(C)c(O)c5c(=O)c(c-4oc3c2)NC(=O)/C(C)=C\C=C\[C@H](C)C[C@@H](C)C[C@@H](C)[C@H](OC(C)=O)[C@H](C)C/C=C/O[C@@](C)(O7)C6=O)CC1)[C@@H](C)CC)C(=O)CNC(=O)CCN1C(=O)C=CC1=O. The fourth-order valence-corrected chi connectivity index (χ4v) is 15.4. The van der Waals surface area contributed by atoms with E-state index < -0.39 is 149 Å². The van der Waals surface area contributed by atoms with Crippen molar-refractivity contribution in [3.05, 3.63) is 154 Å². The Hall–Kier alpha value is -12.2. The van der Waals surface area contributed by atoms with E-state index >= 15 is 9.59 Å². The average Bonchev–Trinajstić information content (AvgIpc) is 1.63. The number of aromatic hydroxyl groups is 2. The molecule has 1 unspecified atom stereocenters. The van der Waals surface area contributed by atoms with Gasteiger partial charge in [0.15, 0.2) is 11.3 Å². The van der Waals surface area contributed by atoms with E-state index in [0.29, 0.717) is 62.0 Å². The van der Waals surface area contributed by atoms with Gasteiger partial charge in [-0.1, -0.05) is 134 Å². The number of esters is 1. The van der Waals surface area contributed by atoms with Crippen molar-refractivity contribution in [2.24, 2.45) is 29.6 Å². The van der Waals surface area contributed by atoms with Gasteiger partial charge >= 0.3 is 11.8 Å². The molecule has 11 rings (SSSR count). The Morgan fingerprint density at radius 1 is 0.778 bits per heavy atom.